The molecule has 4 heteroatoms. The molecule has 0 aromatic carbocycles. The second kappa shape index (κ2) is 4.79. The summed E-state index contributed by atoms with van der Waals surface area (Å²) in [7, 11) is 0. The van der Waals surface area contributed by atoms with Crippen LogP contribution >= 0.6 is 0 Å². The van der Waals surface area contributed by atoms with Gasteiger partial charge in [-0.3, -0.25) is 0 Å². The molecule has 96 valence electrons. The molecule has 2 rings (SSSR count). The second-order valence-corrected chi connectivity index (χ2v) is 5.14. The summed E-state index contributed by atoms with van der Waals surface area (Å²) < 4.78 is 0. The van der Waals surface area contributed by atoms with Crippen LogP contribution in [0.5, 0.6) is 0 Å². The molecule has 2 N–H and O–H groups in total. The molecule has 0 fully saturated rings. The van der Waals surface area contributed by atoms with Crippen molar-refractivity contribution in [2.75, 3.05) is 0 Å². The first-order chi connectivity index (χ1) is 9.16. The average Bonchev–Trinajstić information content (AvgIpc) is 2.46. The highest BCUT2D eigenvalue weighted by molar-refractivity contribution is 5.56. The molecule has 0 radical (unpaired) electrons. The van der Waals surface area contributed by atoms with E-state index in [-0.39, 0.29) is 17.5 Å². The van der Waals surface area contributed by atoms with Crippen molar-refractivity contribution in [2.24, 2.45) is 23.0 Å². The van der Waals surface area contributed by atoms with Crippen molar-refractivity contribution in [3.05, 3.63) is 22.9 Å². The highest BCUT2D eigenvalue weighted by Gasteiger charge is 2.51. The van der Waals surface area contributed by atoms with E-state index >= 15 is 0 Å². The first kappa shape index (κ1) is 13.2. The molecule has 0 saturated heterocycles. The Bertz CT molecular complexity index is 563. The lowest BCUT2D eigenvalue weighted by molar-refractivity contribution is 0.228. The van der Waals surface area contributed by atoms with Gasteiger partial charge in [0.15, 0.2) is 5.41 Å². The van der Waals surface area contributed by atoms with Gasteiger partial charge in [-0.05, 0) is 37.2 Å². The monoisotopic (exact) mass is 252 g/mol. The normalized spacial score (nSPS) is 28.4. The van der Waals surface area contributed by atoms with Crippen LogP contribution in [0, 0.1) is 51.2 Å². The molecular formula is C15H16N4. The van der Waals surface area contributed by atoms with E-state index in [0.717, 1.165) is 24.8 Å². The van der Waals surface area contributed by atoms with Gasteiger partial charge in [0.25, 0.3) is 0 Å². The lowest BCUT2D eigenvalue weighted by Crippen LogP contribution is -2.43. The van der Waals surface area contributed by atoms with E-state index in [4.69, 9.17) is 5.73 Å². The summed E-state index contributed by atoms with van der Waals surface area (Å²) in [5.41, 5.74) is 6.15. The fraction of sp³-hybridized carbons (Fsp3) is 0.533. The zero-order valence-corrected chi connectivity index (χ0v) is 11.0. The molecule has 0 aromatic heterocycles. The predicted molar refractivity (Wildman–Crippen MR) is 69.7 cm³/mol. The van der Waals surface area contributed by atoms with Crippen LogP contribution in [0.1, 0.15) is 32.6 Å². The number of fused-ring (bicyclic) bond motifs is 1. The maximum atomic E-state index is 9.50. The first-order valence-electron chi connectivity index (χ1n) is 6.59. The van der Waals surface area contributed by atoms with Gasteiger partial charge < -0.3 is 5.73 Å². The maximum absolute atomic E-state index is 9.50. The third kappa shape index (κ3) is 1.63. The molecule has 2 aliphatic carbocycles. The molecule has 0 saturated carbocycles. The Labute approximate surface area is 113 Å². The predicted octanol–water partition coefficient (Wildman–Crippen LogP) is 2.52. The van der Waals surface area contributed by atoms with Crippen molar-refractivity contribution >= 4 is 0 Å². The Morgan fingerprint density at radius 1 is 1.37 bits per heavy atom. The largest absolute Gasteiger partial charge is 0.399 e. The number of hydrogen-bond acceptors (Lipinski definition) is 4. The Balaban J connectivity index is 2.74. The van der Waals surface area contributed by atoms with Crippen LogP contribution in [0.3, 0.4) is 0 Å². The second-order valence-electron chi connectivity index (χ2n) is 5.14. The van der Waals surface area contributed by atoms with Gasteiger partial charge in [-0.2, -0.15) is 15.8 Å². The van der Waals surface area contributed by atoms with Crippen molar-refractivity contribution < 1.29 is 0 Å². The number of rotatable bonds is 1. The standard InChI is InChI=1S/C15H16N4/c1-2-13-11-6-4-3-5-10(11)12(7-16)14(19)15(13,8-17)9-18/h5,11,13H,2-4,6,19H2,1H3/t11-,13-/m1/s1. The van der Waals surface area contributed by atoms with Crippen LogP contribution in [-0.4, -0.2) is 0 Å². The average molecular weight is 252 g/mol. The molecule has 0 amide bonds. The van der Waals surface area contributed by atoms with E-state index in [9.17, 15) is 15.8 Å². The van der Waals surface area contributed by atoms with Crippen LogP contribution < -0.4 is 5.73 Å². The van der Waals surface area contributed by atoms with Crippen molar-refractivity contribution in [1.29, 1.82) is 15.8 Å². The fourth-order valence-electron chi connectivity index (χ4n) is 3.49. The van der Waals surface area contributed by atoms with E-state index < -0.39 is 5.41 Å². The number of nitrogens with zero attached hydrogens (tertiary/aromatic N) is 3. The highest BCUT2D eigenvalue weighted by atomic mass is 14.7. The summed E-state index contributed by atoms with van der Waals surface area (Å²) in [5, 5.41) is 28.3. The molecule has 0 aliphatic heterocycles. The summed E-state index contributed by atoms with van der Waals surface area (Å²) >= 11 is 0. The number of allylic oxidation sites excluding steroid dienone is 4. The highest BCUT2D eigenvalue weighted by Crippen LogP contribution is 2.52. The SMILES string of the molecule is CC[C@@H]1[C@@H]2CCCC=C2C(C#N)=C(N)C1(C#N)C#N. The third-order valence-electron chi connectivity index (χ3n) is 4.41. The fourth-order valence-corrected chi connectivity index (χ4v) is 3.49. The number of nitrogens with two attached hydrogens (primary N) is 1. The van der Waals surface area contributed by atoms with Gasteiger partial charge in [0.1, 0.15) is 6.07 Å². The van der Waals surface area contributed by atoms with Gasteiger partial charge in [0, 0.05) is 5.92 Å². The lowest BCUT2D eigenvalue weighted by atomic mass is 9.58. The van der Waals surface area contributed by atoms with E-state index in [2.05, 4.69) is 24.3 Å². The zero-order valence-electron chi connectivity index (χ0n) is 11.0. The Morgan fingerprint density at radius 2 is 2.05 bits per heavy atom. The quantitative estimate of drug-likeness (QED) is 0.775. The summed E-state index contributed by atoms with van der Waals surface area (Å²) in [6.45, 7) is 1.98. The molecule has 0 bridgehead atoms. The van der Waals surface area contributed by atoms with Crippen molar-refractivity contribution in [2.45, 2.75) is 32.6 Å². The summed E-state index contributed by atoms with van der Waals surface area (Å²) in [5.74, 6) is -0.00819. The van der Waals surface area contributed by atoms with Gasteiger partial charge in [0.05, 0.1) is 23.4 Å². The third-order valence-corrected chi connectivity index (χ3v) is 4.41. The van der Waals surface area contributed by atoms with Gasteiger partial charge >= 0.3 is 0 Å². The van der Waals surface area contributed by atoms with E-state index in [0.29, 0.717) is 12.0 Å². The summed E-state index contributed by atoms with van der Waals surface area (Å²) in [6.07, 6.45) is 5.67. The molecular weight excluding hydrogens is 236 g/mol. The molecule has 2 aliphatic rings. The Hall–Kier alpha value is -2.25. The molecule has 0 heterocycles. The van der Waals surface area contributed by atoms with Gasteiger partial charge in [-0.1, -0.05) is 13.0 Å². The molecule has 2 atom stereocenters. The minimum Gasteiger partial charge on any atom is -0.399 e. The minimum atomic E-state index is -1.35. The first-order valence-corrected chi connectivity index (χ1v) is 6.59. The number of hydrogen-bond donors (Lipinski definition) is 1. The van der Waals surface area contributed by atoms with Crippen LogP contribution in [-0.2, 0) is 0 Å². The van der Waals surface area contributed by atoms with Crippen molar-refractivity contribution in [3.8, 4) is 18.2 Å². The van der Waals surface area contributed by atoms with Crippen LogP contribution in [0.2, 0.25) is 0 Å². The molecule has 0 aromatic rings. The zero-order chi connectivity index (χ0) is 14.0. The lowest BCUT2D eigenvalue weighted by Gasteiger charge is -2.42. The van der Waals surface area contributed by atoms with Gasteiger partial charge in [0.2, 0.25) is 0 Å². The van der Waals surface area contributed by atoms with E-state index in [1.807, 2.05) is 6.92 Å². The van der Waals surface area contributed by atoms with Crippen molar-refractivity contribution in [3.63, 3.8) is 0 Å². The van der Waals surface area contributed by atoms with Gasteiger partial charge in [-0.15, -0.1) is 0 Å². The number of nitriles is 3. The van der Waals surface area contributed by atoms with Gasteiger partial charge in [-0.25, -0.2) is 0 Å². The Morgan fingerprint density at radius 3 is 2.58 bits per heavy atom. The van der Waals surface area contributed by atoms with Crippen LogP contribution in [0.25, 0.3) is 0 Å². The summed E-state index contributed by atoms with van der Waals surface area (Å²) in [6, 6.07) is 6.29. The van der Waals surface area contributed by atoms with Crippen molar-refractivity contribution in [1.82, 2.24) is 0 Å². The van der Waals surface area contributed by atoms with Crippen LogP contribution in [0.15, 0.2) is 22.9 Å². The molecule has 0 spiro atoms. The Kier molecular flexibility index (Phi) is 3.32. The smallest absolute Gasteiger partial charge is 0.187 e. The topological polar surface area (TPSA) is 97.4 Å². The van der Waals surface area contributed by atoms with E-state index in [1.54, 1.807) is 0 Å². The molecule has 4 nitrogen and oxygen atoms in total. The minimum absolute atomic E-state index is 0.111. The summed E-state index contributed by atoms with van der Waals surface area (Å²) in [4.78, 5) is 0. The molecule has 0 unspecified atom stereocenters. The van der Waals surface area contributed by atoms with E-state index in [1.165, 1.54) is 0 Å². The maximum Gasteiger partial charge on any atom is 0.187 e. The molecule has 19 heavy (non-hydrogen) atoms. The van der Waals surface area contributed by atoms with Crippen LogP contribution in [0.4, 0.5) is 0 Å².